The van der Waals surface area contributed by atoms with E-state index in [4.69, 9.17) is 4.55 Å². The van der Waals surface area contributed by atoms with Crippen LogP contribution in [0.1, 0.15) is 11.1 Å². The van der Waals surface area contributed by atoms with Crippen molar-refractivity contribution in [3.05, 3.63) is 107 Å². The van der Waals surface area contributed by atoms with Gasteiger partial charge in [0.05, 0.1) is 11.3 Å². The lowest BCUT2D eigenvalue weighted by atomic mass is 10.0. The number of carboxylic acid groups (broad SMARTS) is 1. The standard InChI is InChI=1S/C33H30N4O9S3/c1-36(27(39)16-11-20-7-3-2-4-8-20)33(43)34-25-10-6-5-9-21(25)17-26(38)35-28-30(40)37-29(32(41)42)22(19-48-31(28)37)18-47-23-12-14-24(15-13-23)49(44,45)46/h2-16,28,31H,17-19H2,1H3,(H,34,43)(H,35,38)(H,41,42)(H,44,45,46)/b16-11+/t28?,31-/m1/s1. The Morgan fingerprint density at radius 2 is 1.69 bits per heavy atom. The highest BCUT2D eigenvalue weighted by atomic mass is 32.2. The molecule has 16 heteroatoms. The maximum Gasteiger partial charge on any atom is 0.352 e. The molecule has 49 heavy (non-hydrogen) atoms. The molecule has 2 aliphatic rings. The molecule has 254 valence electrons. The number of nitrogens with one attached hydrogen (secondary N) is 2. The molecule has 2 atom stereocenters. The first-order chi connectivity index (χ1) is 23.3. The molecule has 1 fully saturated rings. The van der Waals surface area contributed by atoms with Crippen LogP contribution in [0.4, 0.5) is 10.5 Å². The minimum atomic E-state index is -4.35. The third-order valence-electron chi connectivity index (χ3n) is 7.56. The molecule has 13 nitrogen and oxygen atoms in total. The number of hydrogen-bond acceptors (Lipinski definition) is 9. The fraction of sp³-hybridized carbons (Fsp3) is 0.182. The molecule has 3 aromatic carbocycles. The predicted molar refractivity (Wildman–Crippen MR) is 184 cm³/mol. The molecule has 2 heterocycles. The van der Waals surface area contributed by atoms with E-state index < -0.39 is 51.3 Å². The number of urea groups is 1. The van der Waals surface area contributed by atoms with Gasteiger partial charge in [0.25, 0.3) is 21.9 Å². The van der Waals surface area contributed by atoms with E-state index in [9.17, 15) is 37.5 Å². The van der Waals surface area contributed by atoms with Crippen molar-refractivity contribution in [2.24, 2.45) is 0 Å². The van der Waals surface area contributed by atoms with Crippen LogP contribution < -0.4 is 10.6 Å². The number of para-hydroxylation sites is 1. The highest BCUT2D eigenvalue weighted by Gasteiger charge is 2.54. The Bertz CT molecular complexity index is 1970. The summed E-state index contributed by atoms with van der Waals surface area (Å²) in [5.41, 5.74) is 1.85. The number of carbonyl (C=O) groups is 5. The summed E-state index contributed by atoms with van der Waals surface area (Å²) in [6, 6.07) is 19.4. The van der Waals surface area contributed by atoms with Gasteiger partial charge in [0.1, 0.15) is 17.1 Å². The van der Waals surface area contributed by atoms with Gasteiger partial charge >= 0.3 is 12.0 Å². The Balaban J connectivity index is 1.19. The van der Waals surface area contributed by atoms with Gasteiger partial charge < -0.3 is 15.7 Å². The van der Waals surface area contributed by atoms with E-state index in [0.717, 1.165) is 15.4 Å². The number of nitrogens with zero attached hydrogens (tertiary/aromatic N) is 2. The van der Waals surface area contributed by atoms with Crippen LogP contribution in [0.25, 0.3) is 6.08 Å². The quantitative estimate of drug-likeness (QED) is 0.0977. The number of rotatable bonds is 11. The second-order valence-electron chi connectivity index (χ2n) is 10.9. The van der Waals surface area contributed by atoms with Gasteiger partial charge in [0, 0.05) is 35.2 Å². The molecule has 2 aliphatic heterocycles. The van der Waals surface area contributed by atoms with Crippen molar-refractivity contribution in [3.63, 3.8) is 0 Å². The molecule has 5 rings (SSSR count). The molecule has 1 unspecified atom stereocenters. The zero-order valence-electron chi connectivity index (χ0n) is 25.8. The maximum absolute atomic E-state index is 13.2. The third kappa shape index (κ3) is 8.40. The molecule has 5 amide bonds. The van der Waals surface area contributed by atoms with Gasteiger partial charge in [-0.3, -0.25) is 28.7 Å². The lowest BCUT2D eigenvalue weighted by molar-refractivity contribution is -0.150. The number of imide groups is 1. The highest BCUT2D eigenvalue weighted by Crippen LogP contribution is 2.41. The van der Waals surface area contributed by atoms with Gasteiger partial charge in [-0.2, -0.15) is 8.42 Å². The largest absolute Gasteiger partial charge is 0.477 e. The number of carbonyl (C=O) groups excluding carboxylic acids is 4. The van der Waals surface area contributed by atoms with Crippen molar-refractivity contribution in [1.29, 1.82) is 0 Å². The Labute approximate surface area is 290 Å². The first kappa shape index (κ1) is 35.4. The molecular weight excluding hydrogens is 693 g/mol. The number of benzene rings is 3. The summed E-state index contributed by atoms with van der Waals surface area (Å²) in [5.74, 6) is -2.45. The van der Waals surface area contributed by atoms with E-state index in [-0.39, 0.29) is 28.5 Å². The smallest absolute Gasteiger partial charge is 0.352 e. The average molecular weight is 723 g/mol. The Hall–Kier alpha value is -4.90. The Morgan fingerprint density at radius 3 is 2.37 bits per heavy atom. The van der Waals surface area contributed by atoms with Gasteiger partial charge in [-0.1, -0.05) is 48.5 Å². The lowest BCUT2D eigenvalue weighted by Crippen LogP contribution is -2.70. The highest BCUT2D eigenvalue weighted by molar-refractivity contribution is 8.01. The topological polar surface area (TPSA) is 190 Å². The van der Waals surface area contributed by atoms with E-state index in [2.05, 4.69) is 10.6 Å². The Kier molecular flexibility index (Phi) is 10.9. The second kappa shape index (κ2) is 15.1. The molecular formula is C33H30N4O9S3. The molecule has 0 saturated carbocycles. The fourth-order valence-electron chi connectivity index (χ4n) is 5.01. The van der Waals surface area contributed by atoms with Crippen LogP contribution in [0.2, 0.25) is 0 Å². The molecule has 0 aliphatic carbocycles. The van der Waals surface area contributed by atoms with Gasteiger partial charge in [-0.25, -0.2) is 9.59 Å². The van der Waals surface area contributed by atoms with Crippen LogP contribution in [0.3, 0.4) is 0 Å². The summed E-state index contributed by atoms with van der Waals surface area (Å²) in [6.07, 6.45) is 2.66. The summed E-state index contributed by atoms with van der Waals surface area (Å²) < 4.78 is 31.7. The SMILES string of the molecule is CN(C(=O)/C=C/c1ccccc1)C(=O)Nc1ccccc1CC(=O)NC1C(=O)N2C(C(=O)O)=C(CSc3ccc(S(=O)(=O)O)cc3)CS[C@H]12. The van der Waals surface area contributed by atoms with E-state index in [0.29, 0.717) is 21.7 Å². The third-order valence-corrected chi connectivity index (χ3v) is 10.9. The summed E-state index contributed by atoms with van der Waals surface area (Å²) in [7, 11) is -3.02. The molecule has 0 spiro atoms. The van der Waals surface area contributed by atoms with Crippen LogP contribution in [-0.2, 0) is 35.7 Å². The fourth-order valence-corrected chi connectivity index (χ4v) is 7.87. The summed E-state index contributed by atoms with van der Waals surface area (Å²) >= 11 is 2.55. The van der Waals surface area contributed by atoms with Crippen molar-refractivity contribution in [2.75, 3.05) is 23.9 Å². The first-order valence-corrected chi connectivity index (χ1v) is 18.1. The molecule has 0 aromatic heterocycles. The van der Waals surface area contributed by atoms with Crippen LogP contribution in [-0.4, -0.2) is 87.6 Å². The molecule has 0 radical (unpaired) electrons. The Morgan fingerprint density at radius 1 is 1.02 bits per heavy atom. The van der Waals surface area contributed by atoms with Crippen molar-refractivity contribution >= 4 is 75.1 Å². The van der Waals surface area contributed by atoms with Crippen molar-refractivity contribution in [2.45, 2.75) is 27.6 Å². The second-order valence-corrected chi connectivity index (χ2v) is 14.4. The van der Waals surface area contributed by atoms with Crippen molar-refractivity contribution in [3.8, 4) is 0 Å². The molecule has 4 N–H and O–H groups in total. The van der Waals surface area contributed by atoms with E-state index in [1.165, 1.54) is 60.9 Å². The van der Waals surface area contributed by atoms with Gasteiger partial charge in [-0.05, 0) is 53.1 Å². The van der Waals surface area contributed by atoms with Crippen molar-refractivity contribution < 1.29 is 42.0 Å². The number of amides is 5. The van der Waals surface area contributed by atoms with Crippen LogP contribution in [0.15, 0.2) is 106 Å². The number of fused-ring (bicyclic) bond motifs is 1. The lowest BCUT2D eigenvalue weighted by Gasteiger charge is -2.49. The van der Waals surface area contributed by atoms with Gasteiger partial charge in [0.15, 0.2) is 0 Å². The number of carboxylic acids is 1. The molecule has 1 saturated heterocycles. The number of hydrogen-bond donors (Lipinski definition) is 4. The van der Waals surface area contributed by atoms with E-state index in [1.54, 1.807) is 30.3 Å². The molecule has 0 bridgehead atoms. The number of aliphatic carboxylic acids is 1. The zero-order valence-corrected chi connectivity index (χ0v) is 28.3. The number of likely N-dealkylation sites (N-methyl/N-ethyl adjacent to an activating group) is 1. The summed E-state index contributed by atoms with van der Waals surface area (Å²) in [4.78, 5) is 66.3. The van der Waals surface area contributed by atoms with Gasteiger partial charge in [-0.15, -0.1) is 23.5 Å². The van der Waals surface area contributed by atoms with Crippen molar-refractivity contribution in [1.82, 2.24) is 15.1 Å². The molecule has 3 aromatic rings. The van der Waals surface area contributed by atoms with Crippen LogP contribution in [0, 0.1) is 0 Å². The van der Waals surface area contributed by atoms with E-state index in [1.807, 2.05) is 30.3 Å². The monoisotopic (exact) mass is 722 g/mol. The van der Waals surface area contributed by atoms with Crippen LogP contribution >= 0.6 is 23.5 Å². The summed E-state index contributed by atoms with van der Waals surface area (Å²) in [5, 5.41) is 14.7. The first-order valence-electron chi connectivity index (χ1n) is 14.6. The normalized spacial score (nSPS) is 17.3. The van der Waals surface area contributed by atoms with Crippen LogP contribution in [0.5, 0.6) is 0 Å². The minimum absolute atomic E-state index is 0.161. The average Bonchev–Trinajstić information content (AvgIpc) is 3.08. The van der Waals surface area contributed by atoms with E-state index >= 15 is 0 Å². The number of anilines is 1. The zero-order chi connectivity index (χ0) is 35.3. The minimum Gasteiger partial charge on any atom is -0.477 e. The number of thioether (sulfide) groups is 2. The predicted octanol–water partition coefficient (Wildman–Crippen LogP) is 3.71. The van der Waals surface area contributed by atoms with Gasteiger partial charge in [0.2, 0.25) is 5.91 Å². The number of β-lactam (4-membered cyclic amide) rings is 1. The maximum atomic E-state index is 13.2. The summed E-state index contributed by atoms with van der Waals surface area (Å²) in [6.45, 7) is 0.